The second-order valence-electron chi connectivity index (χ2n) is 6.47. The first kappa shape index (κ1) is 17.0. The van der Waals surface area contributed by atoms with Crippen LogP contribution in [0.25, 0.3) is 0 Å². The van der Waals surface area contributed by atoms with Gasteiger partial charge in [0.25, 0.3) is 0 Å². The van der Waals surface area contributed by atoms with Crippen LogP contribution in [-0.2, 0) is 0 Å². The number of nitrogens with zero attached hydrogens (tertiary/aromatic N) is 3. The van der Waals surface area contributed by atoms with Gasteiger partial charge in [-0.2, -0.15) is 10.2 Å². The van der Waals surface area contributed by atoms with Gasteiger partial charge >= 0.3 is 0 Å². The number of hydrogen-bond acceptors (Lipinski definition) is 4. The van der Waals surface area contributed by atoms with Crippen molar-refractivity contribution in [3.63, 3.8) is 0 Å². The molecular weight excluding hydrogens is 332 g/mol. The molecule has 3 aromatic carbocycles. The fraction of sp³-hybridized carbons (Fsp3) is 0.130. The molecule has 0 bridgehead atoms. The van der Waals surface area contributed by atoms with Gasteiger partial charge in [-0.1, -0.05) is 66.7 Å². The Balaban J connectivity index is 1.57. The third kappa shape index (κ3) is 4.23. The van der Waals surface area contributed by atoms with Crippen molar-refractivity contribution in [3.05, 3.63) is 96.6 Å². The maximum Gasteiger partial charge on any atom is 0.0700 e. The first-order chi connectivity index (χ1) is 13.4. The molecule has 134 valence electrons. The van der Waals surface area contributed by atoms with E-state index in [-0.39, 0.29) is 6.04 Å². The zero-order valence-corrected chi connectivity index (χ0v) is 15.1. The van der Waals surface area contributed by atoms with E-state index in [2.05, 4.69) is 39.8 Å². The molecule has 3 aromatic rings. The summed E-state index contributed by atoms with van der Waals surface area (Å²) in [6.07, 6.45) is 3.70. The zero-order chi connectivity index (χ0) is 18.3. The van der Waals surface area contributed by atoms with E-state index in [4.69, 9.17) is 5.10 Å². The summed E-state index contributed by atoms with van der Waals surface area (Å²) in [7, 11) is 0. The van der Waals surface area contributed by atoms with Gasteiger partial charge < -0.3 is 0 Å². The van der Waals surface area contributed by atoms with E-state index < -0.39 is 0 Å². The fourth-order valence-corrected chi connectivity index (χ4v) is 3.21. The van der Waals surface area contributed by atoms with E-state index in [9.17, 15) is 0 Å². The number of nitrogens with one attached hydrogen (secondary N) is 1. The summed E-state index contributed by atoms with van der Waals surface area (Å²) in [4.78, 5) is 0. The average Bonchev–Trinajstić information content (AvgIpc) is 3.21. The summed E-state index contributed by atoms with van der Waals surface area (Å²) in [5.74, 6) is 0. The minimum atomic E-state index is 0.254. The quantitative estimate of drug-likeness (QED) is 0.491. The maximum atomic E-state index is 4.74. The van der Waals surface area contributed by atoms with Crippen molar-refractivity contribution in [3.8, 4) is 0 Å². The summed E-state index contributed by atoms with van der Waals surface area (Å²) in [6.45, 7) is 0. The minimum absolute atomic E-state index is 0.254. The molecule has 0 fully saturated rings. The summed E-state index contributed by atoms with van der Waals surface area (Å²) < 4.78 is 0. The van der Waals surface area contributed by atoms with Gasteiger partial charge in [-0.15, -0.1) is 0 Å². The molecule has 4 rings (SSSR count). The van der Waals surface area contributed by atoms with Gasteiger partial charge in [-0.3, -0.25) is 10.4 Å². The van der Waals surface area contributed by atoms with Crippen LogP contribution in [0.1, 0.15) is 18.4 Å². The molecule has 0 saturated heterocycles. The van der Waals surface area contributed by atoms with Crippen molar-refractivity contribution >= 4 is 23.3 Å². The predicted molar refractivity (Wildman–Crippen MR) is 113 cm³/mol. The molecule has 1 N–H and O–H groups in total. The highest BCUT2D eigenvalue weighted by Gasteiger charge is 2.24. The number of benzene rings is 3. The second-order valence-corrected chi connectivity index (χ2v) is 6.47. The molecule has 0 aliphatic carbocycles. The Labute approximate surface area is 159 Å². The van der Waals surface area contributed by atoms with Crippen molar-refractivity contribution in [1.29, 1.82) is 0 Å². The number of hydrazone groups is 2. The first-order valence-corrected chi connectivity index (χ1v) is 9.20. The van der Waals surface area contributed by atoms with Crippen LogP contribution < -0.4 is 10.4 Å². The average molecular weight is 354 g/mol. The number of anilines is 2. The van der Waals surface area contributed by atoms with Crippen LogP contribution >= 0.6 is 0 Å². The Morgan fingerprint density at radius 1 is 0.889 bits per heavy atom. The molecule has 4 nitrogen and oxygen atoms in total. The number of rotatable bonds is 6. The van der Waals surface area contributed by atoms with Crippen molar-refractivity contribution in [2.75, 3.05) is 10.4 Å². The minimum Gasteiger partial charge on any atom is -0.278 e. The molecule has 0 aromatic heterocycles. The van der Waals surface area contributed by atoms with Crippen LogP contribution in [0.3, 0.4) is 0 Å². The molecule has 1 atom stereocenters. The molecule has 1 unspecified atom stereocenters. The highest BCUT2D eigenvalue weighted by molar-refractivity contribution is 6.01. The third-order valence-corrected chi connectivity index (χ3v) is 4.58. The van der Waals surface area contributed by atoms with E-state index in [0.29, 0.717) is 0 Å². The maximum absolute atomic E-state index is 4.74. The smallest absolute Gasteiger partial charge is 0.0700 e. The normalized spacial score (nSPS) is 16.5. The Bertz CT molecular complexity index is 905. The predicted octanol–water partition coefficient (Wildman–Crippen LogP) is 5.16. The van der Waals surface area contributed by atoms with Crippen LogP contribution in [0.15, 0.2) is 101 Å². The Morgan fingerprint density at radius 2 is 1.52 bits per heavy atom. The van der Waals surface area contributed by atoms with Crippen LogP contribution in [0.2, 0.25) is 0 Å². The topological polar surface area (TPSA) is 40.0 Å². The monoisotopic (exact) mass is 354 g/mol. The Hall–Kier alpha value is -3.40. The van der Waals surface area contributed by atoms with Crippen molar-refractivity contribution in [1.82, 2.24) is 0 Å². The fourth-order valence-electron chi connectivity index (χ4n) is 3.21. The summed E-state index contributed by atoms with van der Waals surface area (Å²) >= 11 is 0. The lowest BCUT2D eigenvalue weighted by molar-refractivity contribution is 0.686. The van der Waals surface area contributed by atoms with Gasteiger partial charge in [0.1, 0.15) is 0 Å². The van der Waals surface area contributed by atoms with E-state index in [1.54, 1.807) is 0 Å². The highest BCUT2D eigenvalue weighted by atomic mass is 15.5. The summed E-state index contributed by atoms with van der Waals surface area (Å²) in [6, 6.07) is 30.9. The van der Waals surface area contributed by atoms with Crippen molar-refractivity contribution in [2.24, 2.45) is 10.2 Å². The van der Waals surface area contributed by atoms with E-state index in [1.165, 1.54) is 0 Å². The molecule has 0 amide bonds. The largest absolute Gasteiger partial charge is 0.278 e. The summed E-state index contributed by atoms with van der Waals surface area (Å²) in [5, 5.41) is 11.4. The molecule has 1 aliphatic rings. The molecular formula is C23H22N4. The second kappa shape index (κ2) is 8.32. The van der Waals surface area contributed by atoms with Crippen LogP contribution in [0.4, 0.5) is 11.4 Å². The molecule has 1 heterocycles. The van der Waals surface area contributed by atoms with Gasteiger partial charge in [0.15, 0.2) is 0 Å². The first-order valence-electron chi connectivity index (χ1n) is 9.20. The lowest BCUT2D eigenvalue weighted by atomic mass is 10.0. The van der Waals surface area contributed by atoms with Gasteiger partial charge in [0.05, 0.1) is 23.1 Å². The van der Waals surface area contributed by atoms with Gasteiger partial charge in [-0.25, -0.2) is 0 Å². The molecule has 0 saturated carbocycles. The zero-order valence-electron chi connectivity index (χ0n) is 15.1. The molecule has 0 radical (unpaired) electrons. The summed E-state index contributed by atoms with van der Waals surface area (Å²) in [5.41, 5.74) is 7.44. The van der Waals surface area contributed by atoms with Crippen molar-refractivity contribution < 1.29 is 0 Å². The third-order valence-electron chi connectivity index (χ3n) is 4.58. The molecule has 1 aliphatic heterocycles. The Kier molecular flexibility index (Phi) is 5.25. The molecule has 4 heteroatoms. The van der Waals surface area contributed by atoms with Crippen LogP contribution in [0.5, 0.6) is 0 Å². The SMILES string of the molecule is C1=NN(c2ccccc2)C(C/C(=N\Nc2ccccc2)c2ccccc2)C1. The van der Waals surface area contributed by atoms with Crippen molar-refractivity contribution in [2.45, 2.75) is 18.9 Å². The van der Waals surface area contributed by atoms with Crippen LogP contribution in [0, 0.1) is 0 Å². The van der Waals surface area contributed by atoms with Gasteiger partial charge in [-0.05, 0) is 29.8 Å². The number of para-hydroxylation sites is 2. The lowest BCUT2D eigenvalue weighted by Crippen LogP contribution is -2.29. The van der Waals surface area contributed by atoms with E-state index >= 15 is 0 Å². The van der Waals surface area contributed by atoms with E-state index in [1.807, 2.05) is 72.9 Å². The number of hydrogen-bond donors (Lipinski definition) is 1. The standard InChI is InChI=1S/C23H22N4/c1-4-10-19(11-5-1)23(26-25-20-12-6-2-7-13-20)18-22-16-17-24-27(22)21-14-8-3-9-15-21/h1-15,17,22,25H,16,18H2/b26-23+. The lowest BCUT2D eigenvalue weighted by Gasteiger charge is -2.24. The highest BCUT2D eigenvalue weighted by Crippen LogP contribution is 2.25. The molecule has 0 spiro atoms. The molecule has 27 heavy (non-hydrogen) atoms. The van der Waals surface area contributed by atoms with Gasteiger partial charge in [0, 0.05) is 19.1 Å². The van der Waals surface area contributed by atoms with E-state index in [0.717, 1.165) is 35.5 Å². The van der Waals surface area contributed by atoms with Crippen LogP contribution in [-0.4, -0.2) is 18.0 Å². The Morgan fingerprint density at radius 3 is 2.22 bits per heavy atom. The van der Waals surface area contributed by atoms with Gasteiger partial charge in [0.2, 0.25) is 0 Å².